The van der Waals surface area contributed by atoms with E-state index in [1.807, 2.05) is 0 Å². The van der Waals surface area contributed by atoms with Crippen LogP contribution in [0.3, 0.4) is 0 Å². The lowest BCUT2D eigenvalue weighted by molar-refractivity contribution is -0.147. The molecular formula is C19H24N4O3S. The molecule has 1 N–H and O–H groups in total. The van der Waals surface area contributed by atoms with Crippen molar-refractivity contribution in [3.63, 3.8) is 0 Å². The van der Waals surface area contributed by atoms with Crippen LogP contribution >= 0.6 is 11.3 Å². The van der Waals surface area contributed by atoms with Gasteiger partial charge in [0.15, 0.2) is 0 Å². The zero-order valence-corrected chi connectivity index (χ0v) is 16.5. The second-order valence-electron chi connectivity index (χ2n) is 7.51. The minimum absolute atomic E-state index is 0.00921. The van der Waals surface area contributed by atoms with E-state index in [0.717, 1.165) is 54.8 Å². The molecule has 144 valence electrons. The highest BCUT2D eigenvalue weighted by atomic mass is 32.1. The molecule has 1 saturated carbocycles. The largest absolute Gasteiger partial charge is 0.480 e. The maximum absolute atomic E-state index is 12.8. The fourth-order valence-electron chi connectivity index (χ4n) is 3.90. The highest BCUT2D eigenvalue weighted by Crippen LogP contribution is 2.36. The quantitative estimate of drug-likeness (QED) is 0.847. The third-order valence-corrected chi connectivity index (χ3v) is 6.78. The number of piperidine rings is 1. The van der Waals surface area contributed by atoms with Gasteiger partial charge in [0.05, 0.1) is 5.39 Å². The van der Waals surface area contributed by atoms with Crippen molar-refractivity contribution in [1.82, 2.24) is 14.9 Å². The maximum atomic E-state index is 12.8. The molecule has 8 heteroatoms. The Morgan fingerprint density at radius 3 is 2.56 bits per heavy atom. The van der Waals surface area contributed by atoms with Crippen molar-refractivity contribution in [3.8, 4) is 0 Å². The van der Waals surface area contributed by atoms with Crippen LogP contribution in [-0.2, 0) is 9.59 Å². The van der Waals surface area contributed by atoms with Gasteiger partial charge in [-0.1, -0.05) is 0 Å². The molecule has 2 aromatic rings. The minimum Gasteiger partial charge on any atom is -0.480 e. The molecule has 0 radical (unpaired) electrons. The normalized spacial score (nSPS) is 18.1. The summed E-state index contributed by atoms with van der Waals surface area (Å²) in [5, 5.41) is 10.2. The van der Waals surface area contributed by atoms with E-state index in [1.165, 1.54) is 10.4 Å². The molecule has 4 rings (SSSR count). The summed E-state index contributed by atoms with van der Waals surface area (Å²) >= 11 is 1.69. The molecule has 0 bridgehead atoms. The van der Waals surface area contributed by atoms with E-state index in [2.05, 4.69) is 28.7 Å². The highest BCUT2D eigenvalue weighted by molar-refractivity contribution is 7.18. The molecule has 3 heterocycles. The molecule has 0 atom stereocenters. The molecule has 7 nitrogen and oxygen atoms in total. The number of amides is 1. The monoisotopic (exact) mass is 388 g/mol. The Morgan fingerprint density at radius 2 is 1.93 bits per heavy atom. The van der Waals surface area contributed by atoms with Crippen LogP contribution in [0.2, 0.25) is 0 Å². The van der Waals surface area contributed by atoms with Crippen LogP contribution in [0.15, 0.2) is 6.33 Å². The molecule has 27 heavy (non-hydrogen) atoms. The molecule has 1 amide bonds. The van der Waals surface area contributed by atoms with Gasteiger partial charge in [0.2, 0.25) is 5.91 Å². The summed E-state index contributed by atoms with van der Waals surface area (Å²) < 4.78 is 0. The summed E-state index contributed by atoms with van der Waals surface area (Å²) in [5.41, 5.74) is 1.23. The average Bonchev–Trinajstić information content (AvgIpc) is 3.45. The van der Waals surface area contributed by atoms with Gasteiger partial charge in [0, 0.05) is 29.9 Å². The van der Waals surface area contributed by atoms with Gasteiger partial charge in [-0.25, -0.2) is 9.97 Å². The molecule has 0 unspecified atom stereocenters. The van der Waals surface area contributed by atoms with Crippen molar-refractivity contribution < 1.29 is 14.7 Å². The Labute approximate surface area is 162 Å². The van der Waals surface area contributed by atoms with Crippen LogP contribution in [0.4, 0.5) is 5.82 Å². The number of hydrogen-bond acceptors (Lipinski definition) is 6. The van der Waals surface area contributed by atoms with Crippen molar-refractivity contribution in [2.45, 2.75) is 45.6 Å². The van der Waals surface area contributed by atoms with Crippen molar-refractivity contribution in [2.75, 3.05) is 24.5 Å². The smallest absolute Gasteiger partial charge is 0.323 e. The van der Waals surface area contributed by atoms with Gasteiger partial charge < -0.3 is 14.9 Å². The number of nitrogens with zero attached hydrogens (tertiary/aromatic N) is 4. The molecular weight excluding hydrogens is 364 g/mol. The lowest BCUT2D eigenvalue weighted by atomic mass is 9.95. The third-order valence-electron chi connectivity index (χ3n) is 5.67. The number of fused-ring (bicyclic) bond motifs is 1. The predicted molar refractivity (Wildman–Crippen MR) is 104 cm³/mol. The number of aryl methyl sites for hydroxylation is 2. The van der Waals surface area contributed by atoms with E-state index in [1.54, 1.807) is 22.6 Å². The average molecular weight is 388 g/mol. The van der Waals surface area contributed by atoms with E-state index in [-0.39, 0.29) is 24.4 Å². The van der Waals surface area contributed by atoms with Gasteiger partial charge in [0.1, 0.15) is 23.5 Å². The van der Waals surface area contributed by atoms with Crippen molar-refractivity contribution in [3.05, 3.63) is 16.8 Å². The van der Waals surface area contributed by atoms with E-state index in [0.29, 0.717) is 0 Å². The molecule has 1 aliphatic heterocycles. The Hall–Kier alpha value is -2.22. The summed E-state index contributed by atoms with van der Waals surface area (Å²) in [6.45, 7) is 5.54. The lowest BCUT2D eigenvalue weighted by Crippen LogP contribution is -2.45. The van der Waals surface area contributed by atoms with Crippen LogP contribution in [0.1, 0.15) is 36.1 Å². The van der Waals surface area contributed by atoms with Gasteiger partial charge >= 0.3 is 5.97 Å². The number of thiophene rings is 1. The third kappa shape index (κ3) is 3.50. The molecule has 1 aliphatic carbocycles. The first-order valence-corrected chi connectivity index (χ1v) is 10.2. The van der Waals surface area contributed by atoms with Crippen molar-refractivity contribution in [1.29, 1.82) is 0 Å². The molecule has 1 saturated heterocycles. The van der Waals surface area contributed by atoms with Crippen LogP contribution < -0.4 is 4.90 Å². The summed E-state index contributed by atoms with van der Waals surface area (Å²) in [6.07, 6.45) is 4.93. The number of carboxylic acid groups (broad SMARTS) is 1. The first kappa shape index (κ1) is 18.2. The predicted octanol–water partition coefficient (Wildman–Crippen LogP) is 2.60. The van der Waals surface area contributed by atoms with Crippen LogP contribution in [0.5, 0.6) is 0 Å². The summed E-state index contributed by atoms with van der Waals surface area (Å²) in [7, 11) is 0. The number of rotatable bonds is 5. The standard InChI is InChI=1S/C19H24N4O3S/c1-11-12(2)27-18-16(11)17(20-10-21-18)22-7-5-13(6-8-22)19(26)23(9-15(24)25)14-3-4-14/h10,13-14H,3-9H2,1-2H3,(H,24,25). The number of aromatic nitrogens is 2. The van der Waals surface area contributed by atoms with Gasteiger partial charge in [-0.3, -0.25) is 9.59 Å². The number of aliphatic carboxylic acids is 1. The first-order valence-electron chi connectivity index (χ1n) is 9.43. The second kappa shape index (κ2) is 7.07. The molecule has 2 aromatic heterocycles. The van der Waals surface area contributed by atoms with E-state index < -0.39 is 5.97 Å². The summed E-state index contributed by atoms with van der Waals surface area (Å²) in [6, 6.07) is 0.129. The number of carbonyl (C=O) groups excluding carboxylic acids is 1. The Kier molecular flexibility index (Phi) is 4.75. The number of anilines is 1. The van der Waals surface area contributed by atoms with Crippen LogP contribution in [-0.4, -0.2) is 57.5 Å². The number of carbonyl (C=O) groups is 2. The van der Waals surface area contributed by atoms with Gasteiger partial charge in [0.25, 0.3) is 0 Å². The Morgan fingerprint density at radius 1 is 1.22 bits per heavy atom. The van der Waals surface area contributed by atoms with Crippen LogP contribution in [0.25, 0.3) is 10.2 Å². The van der Waals surface area contributed by atoms with Crippen LogP contribution in [0, 0.1) is 19.8 Å². The van der Waals surface area contributed by atoms with E-state index >= 15 is 0 Å². The zero-order valence-electron chi connectivity index (χ0n) is 15.6. The van der Waals surface area contributed by atoms with Gasteiger partial charge in [-0.05, 0) is 45.1 Å². The fraction of sp³-hybridized carbons (Fsp3) is 0.579. The van der Waals surface area contributed by atoms with Gasteiger partial charge in [-0.15, -0.1) is 11.3 Å². The Balaban J connectivity index is 1.48. The first-order chi connectivity index (χ1) is 13.0. The fourth-order valence-corrected chi connectivity index (χ4v) is 4.89. The number of carboxylic acids is 1. The maximum Gasteiger partial charge on any atom is 0.323 e. The van der Waals surface area contributed by atoms with Gasteiger partial charge in [-0.2, -0.15) is 0 Å². The minimum atomic E-state index is -0.931. The Bertz CT molecular complexity index is 884. The SMILES string of the molecule is Cc1sc2ncnc(N3CCC(C(=O)N(CC(=O)O)C4CC4)CC3)c2c1C. The van der Waals surface area contributed by atoms with E-state index in [4.69, 9.17) is 5.11 Å². The highest BCUT2D eigenvalue weighted by Gasteiger charge is 2.38. The molecule has 0 aromatic carbocycles. The number of hydrogen-bond donors (Lipinski definition) is 1. The topological polar surface area (TPSA) is 86.6 Å². The summed E-state index contributed by atoms with van der Waals surface area (Å²) in [4.78, 5) is 39.0. The van der Waals surface area contributed by atoms with Crippen molar-refractivity contribution in [2.24, 2.45) is 5.92 Å². The molecule has 0 spiro atoms. The lowest BCUT2D eigenvalue weighted by Gasteiger charge is -2.34. The molecule has 2 aliphatic rings. The zero-order chi connectivity index (χ0) is 19.1. The second-order valence-corrected chi connectivity index (χ2v) is 8.72. The van der Waals surface area contributed by atoms with E-state index in [9.17, 15) is 9.59 Å². The summed E-state index contributed by atoms with van der Waals surface area (Å²) in [5.74, 6) is -0.0597. The molecule has 2 fully saturated rings. The van der Waals surface area contributed by atoms with Crippen molar-refractivity contribution >= 4 is 39.2 Å².